The standard InChI is InChI=1S/C12H22N2O3S/c1-3-12(10(15)16)5-4-7-14(9-12)11(17)13-6-8-18-2/h3-9H2,1-2H3,(H,13,17)(H,15,16). The van der Waals surface area contributed by atoms with E-state index in [0.29, 0.717) is 32.5 Å². The van der Waals surface area contributed by atoms with Crippen LogP contribution in [0, 0.1) is 5.41 Å². The number of piperidine rings is 1. The molecule has 1 aliphatic rings. The van der Waals surface area contributed by atoms with Crippen molar-refractivity contribution < 1.29 is 14.7 Å². The lowest BCUT2D eigenvalue weighted by Crippen LogP contribution is -2.52. The molecule has 5 nitrogen and oxygen atoms in total. The monoisotopic (exact) mass is 274 g/mol. The van der Waals surface area contributed by atoms with E-state index in [1.54, 1.807) is 16.7 Å². The average molecular weight is 274 g/mol. The second kappa shape index (κ2) is 6.87. The van der Waals surface area contributed by atoms with Gasteiger partial charge in [0.15, 0.2) is 0 Å². The van der Waals surface area contributed by atoms with Crippen LogP contribution >= 0.6 is 11.8 Å². The maximum atomic E-state index is 11.9. The molecule has 0 spiro atoms. The second-order valence-electron chi connectivity index (χ2n) is 4.69. The van der Waals surface area contributed by atoms with Gasteiger partial charge in [-0.15, -0.1) is 0 Å². The highest BCUT2D eigenvalue weighted by Gasteiger charge is 2.42. The highest BCUT2D eigenvalue weighted by atomic mass is 32.2. The fourth-order valence-corrected chi connectivity index (χ4v) is 2.60. The number of hydrogen-bond donors (Lipinski definition) is 2. The van der Waals surface area contributed by atoms with Gasteiger partial charge in [-0.05, 0) is 25.5 Å². The molecule has 6 heteroatoms. The molecule has 1 atom stereocenters. The average Bonchev–Trinajstić information content (AvgIpc) is 2.38. The maximum absolute atomic E-state index is 11.9. The minimum absolute atomic E-state index is 0.136. The Morgan fingerprint density at radius 2 is 2.22 bits per heavy atom. The highest BCUT2D eigenvalue weighted by molar-refractivity contribution is 7.98. The first-order chi connectivity index (χ1) is 8.55. The van der Waals surface area contributed by atoms with Gasteiger partial charge in [0.25, 0.3) is 0 Å². The van der Waals surface area contributed by atoms with E-state index < -0.39 is 11.4 Å². The predicted molar refractivity (Wildman–Crippen MR) is 72.9 cm³/mol. The van der Waals surface area contributed by atoms with Gasteiger partial charge in [0.05, 0.1) is 5.41 Å². The number of likely N-dealkylation sites (tertiary alicyclic amines) is 1. The topological polar surface area (TPSA) is 69.6 Å². The first-order valence-corrected chi connectivity index (χ1v) is 7.70. The SMILES string of the molecule is CCC1(C(=O)O)CCCN(C(=O)NCCSC)C1. The van der Waals surface area contributed by atoms with Gasteiger partial charge in [-0.1, -0.05) is 6.92 Å². The Morgan fingerprint density at radius 1 is 1.50 bits per heavy atom. The van der Waals surface area contributed by atoms with E-state index in [1.807, 2.05) is 13.2 Å². The van der Waals surface area contributed by atoms with Crippen molar-refractivity contribution >= 4 is 23.8 Å². The van der Waals surface area contributed by atoms with Crippen LogP contribution in [0.25, 0.3) is 0 Å². The minimum Gasteiger partial charge on any atom is -0.481 e. The molecule has 0 aromatic heterocycles. The number of thioether (sulfide) groups is 1. The Labute approximate surface area is 112 Å². The van der Waals surface area contributed by atoms with Crippen LogP contribution in [0.2, 0.25) is 0 Å². The lowest BCUT2D eigenvalue weighted by molar-refractivity contribution is -0.152. The first kappa shape index (κ1) is 15.1. The van der Waals surface area contributed by atoms with E-state index >= 15 is 0 Å². The second-order valence-corrected chi connectivity index (χ2v) is 5.67. The van der Waals surface area contributed by atoms with Crippen LogP contribution in [0.4, 0.5) is 4.79 Å². The number of nitrogens with one attached hydrogen (secondary N) is 1. The molecule has 0 aromatic rings. The lowest BCUT2D eigenvalue weighted by Gasteiger charge is -2.39. The number of carboxylic acids is 1. The number of carbonyl (C=O) groups is 2. The van der Waals surface area contributed by atoms with Crippen molar-refractivity contribution in [3.8, 4) is 0 Å². The zero-order valence-corrected chi connectivity index (χ0v) is 11.9. The quantitative estimate of drug-likeness (QED) is 0.748. The number of hydrogen-bond acceptors (Lipinski definition) is 3. The number of nitrogens with zero attached hydrogens (tertiary/aromatic N) is 1. The van der Waals surface area contributed by atoms with Crippen molar-refractivity contribution in [1.82, 2.24) is 10.2 Å². The van der Waals surface area contributed by atoms with Crippen LogP contribution in [-0.4, -0.2) is 53.6 Å². The molecule has 2 amide bonds. The third kappa shape index (κ3) is 3.54. The maximum Gasteiger partial charge on any atom is 0.317 e. The summed E-state index contributed by atoms with van der Waals surface area (Å²) in [5, 5.41) is 12.2. The summed E-state index contributed by atoms with van der Waals surface area (Å²) >= 11 is 1.67. The lowest BCUT2D eigenvalue weighted by atomic mass is 9.78. The van der Waals surface area contributed by atoms with Crippen molar-refractivity contribution in [2.24, 2.45) is 5.41 Å². The molecule has 1 aliphatic heterocycles. The number of carbonyl (C=O) groups excluding carboxylic acids is 1. The fraction of sp³-hybridized carbons (Fsp3) is 0.833. The van der Waals surface area contributed by atoms with Crippen LogP contribution in [0.3, 0.4) is 0 Å². The molecule has 0 bridgehead atoms. The van der Waals surface area contributed by atoms with Gasteiger partial charge < -0.3 is 15.3 Å². The molecule has 1 unspecified atom stereocenters. The summed E-state index contributed by atoms with van der Waals surface area (Å²) in [6.45, 7) is 3.48. The van der Waals surface area contributed by atoms with E-state index in [0.717, 1.165) is 12.2 Å². The van der Waals surface area contributed by atoms with Crippen LogP contribution in [0.15, 0.2) is 0 Å². The minimum atomic E-state index is -0.786. The molecule has 2 N–H and O–H groups in total. The van der Waals surface area contributed by atoms with Crippen molar-refractivity contribution in [3.05, 3.63) is 0 Å². The van der Waals surface area contributed by atoms with Gasteiger partial charge >= 0.3 is 12.0 Å². The number of aliphatic carboxylic acids is 1. The summed E-state index contributed by atoms with van der Waals surface area (Å²) < 4.78 is 0. The molecule has 18 heavy (non-hydrogen) atoms. The van der Waals surface area contributed by atoms with Gasteiger partial charge in [-0.2, -0.15) is 11.8 Å². The Kier molecular flexibility index (Phi) is 5.78. The van der Waals surface area contributed by atoms with Crippen LogP contribution in [0.5, 0.6) is 0 Å². The Morgan fingerprint density at radius 3 is 2.78 bits per heavy atom. The van der Waals surface area contributed by atoms with Gasteiger partial charge in [0.2, 0.25) is 0 Å². The molecule has 1 heterocycles. The molecular formula is C12H22N2O3S. The zero-order valence-electron chi connectivity index (χ0n) is 11.1. The van der Waals surface area contributed by atoms with E-state index in [-0.39, 0.29) is 6.03 Å². The van der Waals surface area contributed by atoms with Crippen molar-refractivity contribution in [3.63, 3.8) is 0 Å². The first-order valence-electron chi connectivity index (χ1n) is 6.31. The molecule has 0 aliphatic carbocycles. The zero-order chi connectivity index (χ0) is 13.6. The summed E-state index contributed by atoms with van der Waals surface area (Å²) in [5.41, 5.74) is -0.755. The number of amides is 2. The largest absolute Gasteiger partial charge is 0.481 e. The summed E-state index contributed by atoms with van der Waals surface area (Å²) in [6, 6.07) is -0.136. The number of rotatable bonds is 5. The third-order valence-corrected chi connectivity index (χ3v) is 4.19. The van der Waals surface area contributed by atoms with Crippen LogP contribution in [0.1, 0.15) is 26.2 Å². The Bertz CT molecular complexity index is 312. The number of carboxylic acid groups (broad SMARTS) is 1. The van der Waals surface area contributed by atoms with Gasteiger partial charge in [0.1, 0.15) is 0 Å². The van der Waals surface area contributed by atoms with Crippen molar-refractivity contribution in [1.29, 1.82) is 0 Å². The normalized spacial score (nSPS) is 23.8. The highest BCUT2D eigenvalue weighted by Crippen LogP contribution is 2.33. The summed E-state index contributed by atoms with van der Waals surface area (Å²) in [6.07, 6.45) is 3.97. The smallest absolute Gasteiger partial charge is 0.317 e. The van der Waals surface area contributed by atoms with E-state index in [1.165, 1.54) is 0 Å². The summed E-state index contributed by atoms with van der Waals surface area (Å²) in [4.78, 5) is 24.9. The van der Waals surface area contributed by atoms with E-state index in [9.17, 15) is 14.7 Å². The van der Waals surface area contributed by atoms with Crippen molar-refractivity contribution in [2.75, 3.05) is 31.6 Å². The number of urea groups is 1. The van der Waals surface area contributed by atoms with Crippen molar-refractivity contribution in [2.45, 2.75) is 26.2 Å². The summed E-state index contributed by atoms with van der Waals surface area (Å²) in [5.74, 6) is 0.0869. The molecule has 0 radical (unpaired) electrons. The van der Waals surface area contributed by atoms with Gasteiger partial charge in [0, 0.05) is 25.4 Å². The third-order valence-electron chi connectivity index (χ3n) is 3.58. The summed E-state index contributed by atoms with van der Waals surface area (Å²) in [7, 11) is 0. The fourth-order valence-electron chi connectivity index (χ4n) is 2.29. The van der Waals surface area contributed by atoms with Crippen LogP contribution in [-0.2, 0) is 4.79 Å². The molecule has 0 saturated carbocycles. The molecule has 0 aromatic carbocycles. The van der Waals surface area contributed by atoms with E-state index in [4.69, 9.17) is 0 Å². The molecule has 104 valence electrons. The molecular weight excluding hydrogens is 252 g/mol. The molecule has 1 saturated heterocycles. The van der Waals surface area contributed by atoms with Gasteiger partial charge in [-0.3, -0.25) is 4.79 Å². The van der Waals surface area contributed by atoms with Crippen LogP contribution < -0.4 is 5.32 Å². The Hall–Kier alpha value is -0.910. The van der Waals surface area contributed by atoms with E-state index in [2.05, 4.69) is 5.32 Å². The predicted octanol–water partition coefficient (Wildman–Crippen LogP) is 1.64. The molecule has 1 fully saturated rings. The Balaban J connectivity index is 2.57. The van der Waals surface area contributed by atoms with Gasteiger partial charge in [-0.25, -0.2) is 4.79 Å². The molecule has 1 rings (SSSR count).